The molecule has 2 N–H and O–H groups in total. The van der Waals surface area contributed by atoms with Gasteiger partial charge in [-0.1, -0.05) is 12.8 Å². The number of aliphatic hydroxyl groups is 2. The maximum atomic E-state index is 10.0. The maximum Gasteiger partial charge on any atom is 0.0931 e. The van der Waals surface area contributed by atoms with Crippen LogP contribution in [-0.4, -0.2) is 34.4 Å². The molecule has 18 heavy (non-hydrogen) atoms. The van der Waals surface area contributed by atoms with Crippen LogP contribution in [-0.2, 0) is 0 Å². The van der Waals surface area contributed by atoms with Gasteiger partial charge in [0.15, 0.2) is 0 Å². The Kier molecular flexibility index (Phi) is 4.19. The minimum absolute atomic E-state index is 0.179. The summed E-state index contributed by atoms with van der Waals surface area (Å²) in [6.45, 7) is 1.70. The van der Waals surface area contributed by atoms with Crippen molar-refractivity contribution in [2.75, 3.05) is 11.9 Å². The molecule has 2 rings (SSSR count). The lowest BCUT2D eigenvalue weighted by atomic mass is 9.91. The van der Waals surface area contributed by atoms with Gasteiger partial charge in [-0.05, 0) is 31.9 Å². The lowest BCUT2D eigenvalue weighted by molar-refractivity contribution is 0.106. The van der Waals surface area contributed by atoms with E-state index in [9.17, 15) is 10.2 Å². The monoisotopic (exact) mass is 250 g/mol. The van der Waals surface area contributed by atoms with Crippen LogP contribution in [0.3, 0.4) is 0 Å². The third-order valence-corrected chi connectivity index (χ3v) is 3.80. The van der Waals surface area contributed by atoms with Crippen LogP contribution in [0, 0.1) is 0 Å². The van der Waals surface area contributed by atoms with E-state index in [1.54, 1.807) is 13.1 Å². The van der Waals surface area contributed by atoms with Crippen molar-refractivity contribution in [3.63, 3.8) is 0 Å². The van der Waals surface area contributed by atoms with Crippen molar-refractivity contribution in [2.24, 2.45) is 0 Å². The summed E-state index contributed by atoms with van der Waals surface area (Å²) < 4.78 is 0. The highest BCUT2D eigenvalue weighted by atomic mass is 16.3. The third kappa shape index (κ3) is 2.82. The van der Waals surface area contributed by atoms with Crippen LogP contribution in [0.1, 0.15) is 44.4 Å². The number of aliphatic hydroxyl groups excluding tert-OH is 2. The van der Waals surface area contributed by atoms with Gasteiger partial charge in [0.05, 0.1) is 35.8 Å². The second kappa shape index (κ2) is 5.67. The third-order valence-electron chi connectivity index (χ3n) is 3.80. The minimum Gasteiger partial charge on any atom is -0.391 e. The van der Waals surface area contributed by atoms with E-state index in [0.717, 1.165) is 24.9 Å². The summed E-state index contributed by atoms with van der Waals surface area (Å²) in [6, 6.07) is 3.97. The van der Waals surface area contributed by atoms with Gasteiger partial charge in [-0.2, -0.15) is 0 Å². The molecule has 0 spiro atoms. The number of anilines is 1. The summed E-state index contributed by atoms with van der Waals surface area (Å²) in [5.74, 6) is 0. The Hall–Kier alpha value is -1.13. The quantitative estimate of drug-likeness (QED) is 0.860. The zero-order valence-electron chi connectivity index (χ0n) is 11.1. The molecule has 0 amide bonds. The van der Waals surface area contributed by atoms with Crippen molar-refractivity contribution < 1.29 is 10.2 Å². The summed E-state index contributed by atoms with van der Waals surface area (Å²) in [4.78, 5) is 6.35. The second-order valence-corrected chi connectivity index (χ2v) is 5.15. The predicted octanol–water partition coefficient (Wildman–Crippen LogP) is 1.87. The highest BCUT2D eigenvalue weighted by molar-refractivity contribution is 5.45. The summed E-state index contributed by atoms with van der Waals surface area (Å²) >= 11 is 0. The van der Waals surface area contributed by atoms with Gasteiger partial charge in [-0.15, -0.1) is 0 Å². The molecular formula is C14H22N2O2. The number of likely N-dealkylation sites (N-methyl/N-ethyl adjacent to an activating group) is 1. The van der Waals surface area contributed by atoms with Crippen LogP contribution >= 0.6 is 0 Å². The van der Waals surface area contributed by atoms with E-state index < -0.39 is 6.10 Å². The van der Waals surface area contributed by atoms with Gasteiger partial charge in [0, 0.05) is 7.05 Å². The van der Waals surface area contributed by atoms with Crippen LogP contribution in [0.25, 0.3) is 0 Å². The van der Waals surface area contributed by atoms with E-state index in [4.69, 9.17) is 0 Å². The molecule has 0 aromatic carbocycles. The Labute approximate surface area is 108 Å². The number of aromatic nitrogens is 1. The average molecular weight is 250 g/mol. The van der Waals surface area contributed by atoms with Crippen LogP contribution in [0.4, 0.5) is 5.69 Å². The maximum absolute atomic E-state index is 10.0. The zero-order valence-corrected chi connectivity index (χ0v) is 11.1. The molecule has 1 aliphatic carbocycles. The standard InChI is InChI=1S/C14H22N2O2/c1-10(17)12-8-7-11(9-15-12)16(2)13-5-3-4-6-14(13)18/h7-10,13-14,17-18H,3-6H2,1-2H3/t10-,13?,14?/m1/s1. The molecule has 3 atom stereocenters. The highest BCUT2D eigenvalue weighted by Gasteiger charge is 2.26. The smallest absolute Gasteiger partial charge is 0.0931 e. The van der Waals surface area contributed by atoms with Crippen molar-refractivity contribution in [3.05, 3.63) is 24.0 Å². The topological polar surface area (TPSA) is 56.6 Å². The molecular weight excluding hydrogens is 228 g/mol. The fourth-order valence-electron chi connectivity index (χ4n) is 2.59. The van der Waals surface area contributed by atoms with Crippen molar-refractivity contribution in [3.8, 4) is 0 Å². The highest BCUT2D eigenvalue weighted by Crippen LogP contribution is 2.26. The molecule has 2 unspecified atom stereocenters. The fourth-order valence-corrected chi connectivity index (χ4v) is 2.59. The Morgan fingerprint density at radius 1 is 1.33 bits per heavy atom. The average Bonchev–Trinajstić information content (AvgIpc) is 2.38. The van der Waals surface area contributed by atoms with Crippen LogP contribution in [0.5, 0.6) is 0 Å². The number of pyridine rings is 1. The van der Waals surface area contributed by atoms with Crippen molar-refractivity contribution in [1.29, 1.82) is 0 Å². The van der Waals surface area contributed by atoms with E-state index in [-0.39, 0.29) is 12.1 Å². The lowest BCUT2D eigenvalue weighted by Gasteiger charge is -2.36. The van der Waals surface area contributed by atoms with Gasteiger partial charge in [0.2, 0.25) is 0 Å². The number of hydrogen-bond acceptors (Lipinski definition) is 4. The normalized spacial score (nSPS) is 25.8. The van der Waals surface area contributed by atoms with Crippen LogP contribution in [0.15, 0.2) is 18.3 Å². The fraction of sp³-hybridized carbons (Fsp3) is 0.643. The largest absolute Gasteiger partial charge is 0.391 e. The lowest BCUT2D eigenvalue weighted by Crippen LogP contribution is -2.43. The Morgan fingerprint density at radius 2 is 2.06 bits per heavy atom. The molecule has 0 aliphatic heterocycles. The van der Waals surface area contributed by atoms with Gasteiger partial charge in [-0.25, -0.2) is 0 Å². The zero-order chi connectivity index (χ0) is 13.1. The molecule has 0 bridgehead atoms. The first-order valence-electron chi connectivity index (χ1n) is 6.64. The van der Waals surface area contributed by atoms with Gasteiger partial charge in [-0.3, -0.25) is 4.98 Å². The summed E-state index contributed by atoms with van der Waals surface area (Å²) in [6.07, 6.45) is 5.17. The van der Waals surface area contributed by atoms with Crippen molar-refractivity contribution in [1.82, 2.24) is 4.98 Å². The summed E-state index contributed by atoms with van der Waals surface area (Å²) in [7, 11) is 2.00. The number of hydrogen-bond donors (Lipinski definition) is 2. The first-order valence-corrected chi connectivity index (χ1v) is 6.64. The molecule has 1 heterocycles. The van der Waals surface area contributed by atoms with E-state index in [2.05, 4.69) is 9.88 Å². The van der Waals surface area contributed by atoms with Crippen molar-refractivity contribution in [2.45, 2.75) is 50.9 Å². The Morgan fingerprint density at radius 3 is 2.61 bits per heavy atom. The van der Waals surface area contributed by atoms with E-state index in [0.29, 0.717) is 5.69 Å². The van der Waals surface area contributed by atoms with Gasteiger partial charge in [0.1, 0.15) is 0 Å². The molecule has 1 fully saturated rings. The molecule has 4 heteroatoms. The Bertz CT molecular complexity index is 378. The molecule has 1 aromatic rings. The van der Waals surface area contributed by atoms with Gasteiger partial charge < -0.3 is 15.1 Å². The van der Waals surface area contributed by atoms with E-state index in [1.165, 1.54) is 6.42 Å². The van der Waals surface area contributed by atoms with Crippen LogP contribution in [0.2, 0.25) is 0 Å². The summed E-state index contributed by atoms with van der Waals surface area (Å²) in [5.41, 5.74) is 1.67. The minimum atomic E-state index is -0.537. The molecule has 0 saturated heterocycles. The number of rotatable bonds is 3. The SMILES string of the molecule is C[C@@H](O)c1ccc(N(C)C2CCCCC2O)cn1. The Balaban J connectivity index is 2.10. The van der Waals surface area contributed by atoms with E-state index >= 15 is 0 Å². The molecule has 1 saturated carbocycles. The molecule has 100 valence electrons. The first kappa shape index (κ1) is 13.3. The molecule has 1 aromatic heterocycles. The van der Waals surface area contributed by atoms with Crippen LogP contribution < -0.4 is 4.90 Å². The van der Waals surface area contributed by atoms with E-state index in [1.807, 2.05) is 19.2 Å². The predicted molar refractivity (Wildman–Crippen MR) is 71.5 cm³/mol. The molecule has 1 aliphatic rings. The van der Waals surface area contributed by atoms with Gasteiger partial charge >= 0.3 is 0 Å². The van der Waals surface area contributed by atoms with Gasteiger partial charge in [0.25, 0.3) is 0 Å². The summed E-state index contributed by atoms with van der Waals surface area (Å²) in [5, 5.41) is 19.5. The van der Waals surface area contributed by atoms with Crippen molar-refractivity contribution >= 4 is 5.69 Å². The molecule has 4 nitrogen and oxygen atoms in total. The first-order chi connectivity index (χ1) is 8.59. The molecule has 0 radical (unpaired) electrons. The number of nitrogens with zero attached hydrogens (tertiary/aromatic N) is 2. The second-order valence-electron chi connectivity index (χ2n) is 5.15.